The van der Waals surface area contributed by atoms with Crippen molar-refractivity contribution in [2.75, 3.05) is 44.8 Å². The Kier molecular flexibility index (Phi) is 4.36. The lowest BCUT2D eigenvalue weighted by Gasteiger charge is -2.37. The van der Waals surface area contributed by atoms with E-state index in [1.54, 1.807) is 18.4 Å². The molecule has 1 saturated heterocycles. The topological polar surface area (TPSA) is 28.6 Å². The predicted octanol–water partition coefficient (Wildman–Crippen LogP) is 1.61. The third-order valence-electron chi connectivity index (χ3n) is 3.22. The molecule has 0 amide bonds. The number of ether oxygens (including phenoxy) is 1. The summed E-state index contributed by atoms with van der Waals surface area (Å²) in [5.41, 5.74) is 1.13. The number of hydrogen-bond acceptors (Lipinski definition) is 5. The summed E-state index contributed by atoms with van der Waals surface area (Å²) < 4.78 is 5.21. The van der Waals surface area contributed by atoms with E-state index in [9.17, 15) is 0 Å². The zero-order valence-electron chi connectivity index (χ0n) is 10.8. The monoisotopic (exact) mass is 255 g/mol. The summed E-state index contributed by atoms with van der Waals surface area (Å²) in [6.07, 6.45) is 0. The molecule has 1 aromatic heterocycles. The third kappa shape index (κ3) is 3.18. The predicted molar refractivity (Wildman–Crippen MR) is 72.0 cm³/mol. The summed E-state index contributed by atoms with van der Waals surface area (Å²) in [6.45, 7) is 9.44. The fraction of sp³-hybridized carbons (Fsp3) is 0.750. The number of nitrogens with zero attached hydrogens (tertiary/aromatic N) is 3. The van der Waals surface area contributed by atoms with Gasteiger partial charge in [0.15, 0.2) is 5.13 Å². The second-order valence-electron chi connectivity index (χ2n) is 4.60. The van der Waals surface area contributed by atoms with Crippen LogP contribution in [0.25, 0.3) is 0 Å². The molecule has 96 valence electrons. The summed E-state index contributed by atoms with van der Waals surface area (Å²) >= 11 is 1.75. The fourth-order valence-electron chi connectivity index (χ4n) is 2.19. The Labute approximate surface area is 107 Å². The molecule has 17 heavy (non-hydrogen) atoms. The van der Waals surface area contributed by atoms with Gasteiger partial charge in [0.25, 0.3) is 0 Å². The molecule has 0 aliphatic carbocycles. The Morgan fingerprint density at radius 2 is 2.12 bits per heavy atom. The molecule has 2 heterocycles. The van der Waals surface area contributed by atoms with Crippen molar-refractivity contribution in [3.63, 3.8) is 0 Å². The van der Waals surface area contributed by atoms with E-state index >= 15 is 0 Å². The molecule has 0 radical (unpaired) electrons. The van der Waals surface area contributed by atoms with Crippen LogP contribution in [0.15, 0.2) is 5.38 Å². The smallest absolute Gasteiger partial charge is 0.185 e. The van der Waals surface area contributed by atoms with Crippen LogP contribution in [-0.2, 0) is 4.74 Å². The highest BCUT2D eigenvalue weighted by Crippen LogP contribution is 2.21. The van der Waals surface area contributed by atoms with Gasteiger partial charge in [-0.25, -0.2) is 4.98 Å². The minimum Gasteiger partial charge on any atom is -0.383 e. The van der Waals surface area contributed by atoms with Crippen molar-refractivity contribution >= 4 is 16.5 Å². The highest BCUT2D eigenvalue weighted by Gasteiger charge is 2.22. The highest BCUT2D eigenvalue weighted by atomic mass is 32.1. The normalized spacial score (nSPS) is 19.6. The number of rotatable bonds is 4. The second kappa shape index (κ2) is 5.80. The minimum atomic E-state index is 0.514. The largest absolute Gasteiger partial charge is 0.383 e. The fourth-order valence-corrected chi connectivity index (χ4v) is 3.04. The van der Waals surface area contributed by atoms with Crippen LogP contribution in [0, 0.1) is 6.92 Å². The Balaban J connectivity index is 1.85. The van der Waals surface area contributed by atoms with Crippen molar-refractivity contribution in [1.82, 2.24) is 9.88 Å². The highest BCUT2D eigenvalue weighted by molar-refractivity contribution is 7.13. The first-order valence-corrected chi connectivity index (χ1v) is 6.98. The van der Waals surface area contributed by atoms with Gasteiger partial charge >= 0.3 is 0 Å². The maximum atomic E-state index is 5.21. The van der Waals surface area contributed by atoms with Crippen molar-refractivity contribution in [3.05, 3.63) is 11.1 Å². The first-order chi connectivity index (χ1) is 8.20. The molecule has 1 aromatic rings. The second-order valence-corrected chi connectivity index (χ2v) is 5.44. The number of hydrogen-bond donors (Lipinski definition) is 0. The number of aryl methyl sites for hydroxylation is 1. The first kappa shape index (κ1) is 12.8. The zero-order chi connectivity index (χ0) is 12.3. The molecule has 1 fully saturated rings. The lowest BCUT2D eigenvalue weighted by Crippen LogP contribution is -2.50. The van der Waals surface area contributed by atoms with Gasteiger partial charge in [-0.15, -0.1) is 11.3 Å². The summed E-state index contributed by atoms with van der Waals surface area (Å²) in [5.74, 6) is 0. The van der Waals surface area contributed by atoms with Crippen LogP contribution in [-0.4, -0.2) is 55.8 Å². The number of piperazine rings is 1. The van der Waals surface area contributed by atoms with E-state index in [4.69, 9.17) is 4.74 Å². The molecule has 1 aliphatic rings. The number of aromatic nitrogens is 1. The molecule has 0 spiro atoms. The Morgan fingerprint density at radius 3 is 2.65 bits per heavy atom. The van der Waals surface area contributed by atoms with Crippen LogP contribution in [0.4, 0.5) is 5.13 Å². The lowest BCUT2D eigenvalue weighted by atomic mass is 10.2. The molecule has 0 bridgehead atoms. The maximum absolute atomic E-state index is 5.21. The van der Waals surface area contributed by atoms with Crippen LogP contribution in [0.5, 0.6) is 0 Å². The molecule has 1 aliphatic heterocycles. The van der Waals surface area contributed by atoms with Gasteiger partial charge in [0.2, 0.25) is 0 Å². The van der Waals surface area contributed by atoms with Crippen LogP contribution in [0.1, 0.15) is 12.6 Å². The summed E-state index contributed by atoms with van der Waals surface area (Å²) in [5, 5.41) is 3.29. The number of methoxy groups -OCH3 is 1. The van der Waals surface area contributed by atoms with E-state index in [1.807, 2.05) is 0 Å². The quantitative estimate of drug-likeness (QED) is 0.817. The van der Waals surface area contributed by atoms with Crippen molar-refractivity contribution in [1.29, 1.82) is 0 Å². The summed E-state index contributed by atoms with van der Waals surface area (Å²) in [4.78, 5) is 9.41. The molecule has 0 unspecified atom stereocenters. The van der Waals surface area contributed by atoms with Crippen molar-refractivity contribution in [3.8, 4) is 0 Å². The number of anilines is 1. The number of thiazole rings is 1. The molecule has 2 rings (SSSR count). The van der Waals surface area contributed by atoms with Crippen LogP contribution in [0.2, 0.25) is 0 Å². The van der Waals surface area contributed by atoms with E-state index in [1.165, 1.54) is 5.13 Å². The van der Waals surface area contributed by atoms with Crippen LogP contribution < -0.4 is 4.90 Å². The SMILES string of the molecule is COC[C@H](C)N1CCN(c2nc(C)cs2)CC1. The molecule has 4 nitrogen and oxygen atoms in total. The molecular weight excluding hydrogens is 234 g/mol. The average molecular weight is 255 g/mol. The molecule has 1 atom stereocenters. The van der Waals surface area contributed by atoms with E-state index in [2.05, 4.69) is 34.0 Å². The van der Waals surface area contributed by atoms with Crippen molar-refractivity contribution in [2.24, 2.45) is 0 Å². The third-order valence-corrected chi connectivity index (χ3v) is 4.24. The van der Waals surface area contributed by atoms with Gasteiger partial charge in [0.1, 0.15) is 0 Å². The van der Waals surface area contributed by atoms with Gasteiger partial charge in [-0.2, -0.15) is 0 Å². The van der Waals surface area contributed by atoms with Gasteiger partial charge in [-0.05, 0) is 13.8 Å². The first-order valence-electron chi connectivity index (χ1n) is 6.10. The van der Waals surface area contributed by atoms with Crippen LogP contribution in [0.3, 0.4) is 0 Å². The minimum absolute atomic E-state index is 0.514. The molecular formula is C12H21N3OS. The van der Waals surface area contributed by atoms with E-state index in [0.29, 0.717) is 6.04 Å². The average Bonchev–Trinajstić information content (AvgIpc) is 2.76. The van der Waals surface area contributed by atoms with E-state index in [0.717, 1.165) is 38.5 Å². The van der Waals surface area contributed by atoms with Gasteiger partial charge in [0, 0.05) is 44.7 Å². The Hall–Kier alpha value is -0.650. The molecule has 0 saturated carbocycles. The Bertz CT molecular complexity index is 347. The van der Waals surface area contributed by atoms with Gasteiger partial charge < -0.3 is 9.64 Å². The van der Waals surface area contributed by atoms with E-state index < -0.39 is 0 Å². The lowest BCUT2D eigenvalue weighted by molar-refractivity contribution is 0.0953. The molecule has 0 N–H and O–H groups in total. The van der Waals surface area contributed by atoms with Gasteiger partial charge in [-0.1, -0.05) is 0 Å². The summed E-state index contributed by atoms with van der Waals surface area (Å²) in [7, 11) is 1.77. The van der Waals surface area contributed by atoms with Gasteiger partial charge in [-0.3, -0.25) is 4.90 Å². The van der Waals surface area contributed by atoms with E-state index in [-0.39, 0.29) is 0 Å². The standard InChI is InChI=1S/C12H21N3OS/c1-10-9-17-12(13-10)15-6-4-14(5-7-15)11(2)8-16-3/h9,11H,4-8H2,1-3H3/t11-/m0/s1. The zero-order valence-corrected chi connectivity index (χ0v) is 11.7. The van der Waals surface area contributed by atoms with Crippen molar-refractivity contribution < 1.29 is 4.74 Å². The maximum Gasteiger partial charge on any atom is 0.185 e. The van der Waals surface area contributed by atoms with Crippen LogP contribution >= 0.6 is 11.3 Å². The Morgan fingerprint density at radius 1 is 1.41 bits per heavy atom. The summed E-state index contributed by atoms with van der Waals surface area (Å²) in [6, 6.07) is 0.514. The van der Waals surface area contributed by atoms with Gasteiger partial charge in [0.05, 0.1) is 12.3 Å². The molecule has 5 heteroatoms. The van der Waals surface area contributed by atoms with Crippen molar-refractivity contribution in [2.45, 2.75) is 19.9 Å². The molecule has 0 aromatic carbocycles.